The molecule has 0 bridgehead atoms. The number of nitrogen functional groups attached to an aromatic ring is 1. The van der Waals surface area contributed by atoms with Gasteiger partial charge in [-0.05, 0) is 35.4 Å². The number of anilines is 2. The zero-order chi connectivity index (χ0) is 24.6. The van der Waals surface area contributed by atoms with Crippen molar-refractivity contribution < 1.29 is 13.9 Å². The maximum atomic E-state index is 14.9. The number of nitrogens with two attached hydrogens (primary N) is 1. The second-order valence-corrected chi connectivity index (χ2v) is 7.99. The molecule has 0 radical (unpaired) electrons. The molecule has 3 aromatic carbocycles. The highest BCUT2D eigenvalue weighted by molar-refractivity contribution is 6.22. The van der Waals surface area contributed by atoms with Crippen LogP contribution in [0.1, 0.15) is 5.56 Å². The summed E-state index contributed by atoms with van der Waals surface area (Å²) in [5, 5.41) is 11.2. The summed E-state index contributed by atoms with van der Waals surface area (Å²) in [6, 6.07) is 23.0. The Morgan fingerprint density at radius 3 is 2.66 bits per heavy atom. The van der Waals surface area contributed by atoms with E-state index in [4.69, 9.17) is 32.1 Å². The Balaban J connectivity index is 1.55. The fourth-order valence-electron chi connectivity index (χ4n) is 3.27. The number of halogens is 2. The van der Waals surface area contributed by atoms with Crippen molar-refractivity contribution in [2.75, 3.05) is 17.6 Å². The van der Waals surface area contributed by atoms with Gasteiger partial charge in [0.25, 0.3) is 0 Å². The lowest BCUT2D eigenvalue weighted by atomic mass is 10.1. The van der Waals surface area contributed by atoms with Gasteiger partial charge >= 0.3 is 0 Å². The Morgan fingerprint density at radius 1 is 1.06 bits per heavy atom. The number of rotatable bonds is 9. The number of nitrogens with one attached hydrogen (secondary N) is 1. The molecular weight excluding hydrogens is 469 g/mol. The Bertz CT molecular complexity index is 1350. The first kappa shape index (κ1) is 23.8. The van der Waals surface area contributed by atoms with Gasteiger partial charge in [0.2, 0.25) is 5.88 Å². The molecule has 0 aliphatic rings. The first-order valence-electron chi connectivity index (χ1n) is 10.7. The van der Waals surface area contributed by atoms with E-state index in [0.29, 0.717) is 22.6 Å². The van der Waals surface area contributed by atoms with Gasteiger partial charge < -0.3 is 20.5 Å². The van der Waals surface area contributed by atoms with Gasteiger partial charge in [-0.25, -0.2) is 14.4 Å². The molecule has 176 valence electrons. The van der Waals surface area contributed by atoms with E-state index in [1.165, 1.54) is 18.5 Å². The number of hydrogen-bond acceptors (Lipinski definition) is 7. The highest BCUT2D eigenvalue weighted by atomic mass is 35.5. The van der Waals surface area contributed by atoms with Gasteiger partial charge in [-0.3, -0.25) is 0 Å². The van der Waals surface area contributed by atoms with Crippen LogP contribution in [0, 0.1) is 17.1 Å². The lowest BCUT2D eigenvalue weighted by molar-refractivity contribution is 0.290. The van der Waals surface area contributed by atoms with Crippen LogP contribution in [-0.4, -0.2) is 21.9 Å². The van der Waals surface area contributed by atoms with Crippen molar-refractivity contribution in [2.45, 2.75) is 12.0 Å². The third kappa shape index (κ3) is 6.16. The van der Waals surface area contributed by atoms with Crippen LogP contribution in [0.5, 0.6) is 17.4 Å². The molecule has 7 nitrogen and oxygen atoms in total. The third-order valence-electron chi connectivity index (χ3n) is 4.97. The molecule has 9 heteroatoms. The molecule has 0 aliphatic carbocycles. The van der Waals surface area contributed by atoms with Crippen molar-refractivity contribution in [2.24, 2.45) is 0 Å². The molecule has 0 amide bonds. The number of benzene rings is 3. The number of nitriles is 1. The molecule has 4 aromatic rings. The summed E-state index contributed by atoms with van der Waals surface area (Å²) in [5.41, 5.74) is 8.54. The number of ether oxygens (including phenoxy) is 2. The van der Waals surface area contributed by atoms with E-state index in [2.05, 4.69) is 15.3 Å². The summed E-state index contributed by atoms with van der Waals surface area (Å²) in [6.45, 7) is 0.510. The third-order valence-corrected chi connectivity index (χ3v) is 5.23. The number of aromatic nitrogens is 2. The quantitative estimate of drug-likeness (QED) is 0.287. The molecule has 1 atom stereocenters. The van der Waals surface area contributed by atoms with Crippen LogP contribution >= 0.6 is 11.6 Å². The minimum absolute atomic E-state index is 0.115. The van der Waals surface area contributed by atoms with Gasteiger partial charge in [-0.1, -0.05) is 42.5 Å². The second-order valence-electron chi connectivity index (χ2n) is 7.47. The van der Waals surface area contributed by atoms with Crippen molar-refractivity contribution in [1.82, 2.24) is 9.97 Å². The molecule has 0 saturated heterocycles. The molecule has 0 spiro atoms. The molecular formula is C26H21ClFN5O2. The van der Waals surface area contributed by atoms with Crippen LogP contribution in [0.4, 0.5) is 15.9 Å². The number of hydrogen-bond donors (Lipinski definition) is 2. The van der Waals surface area contributed by atoms with E-state index < -0.39 is 11.2 Å². The first-order valence-corrected chi connectivity index (χ1v) is 11.1. The molecule has 0 aliphatic heterocycles. The van der Waals surface area contributed by atoms with Gasteiger partial charge in [0, 0.05) is 18.3 Å². The molecule has 1 heterocycles. The van der Waals surface area contributed by atoms with E-state index in [1.807, 2.05) is 42.5 Å². The summed E-state index contributed by atoms with van der Waals surface area (Å²) in [5.74, 6) is 0.330. The van der Waals surface area contributed by atoms with Gasteiger partial charge in [-0.2, -0.15) is 5.26 Å². The normalized spacial score (nSPS) is 11.3. The SMILES string of the molecule is N#CC(Cl)CNc1cccc(Oc2ncnc(N)c2-c2ccc(OCc3ccccc3)c(F)c2)c1. The lowest BCUT2D eigenvalue weighted by Crippen LogP contribution is -2.11. The van der Waals surface area contributed by atoms with Crippen LogP contribution in [0.15, 0.2) is 79.1 Å². The van der Waals surface area contributed by atoms with Crippen molar-refractivity contribution in [3.05, 3.63) is 90.5 Å². The van der Waals surface area contributed by atoms with Gasteiger partial charge in [0.1, 0.15) is 29.9 Å². The van der Waals surface area contributed by atoms with E-state index in [9.17, 15) is 4.39 Å². The summed E-state index contributed by atoms with van der Waals surface area (Å²) >= 11 is 5.84. The zero-order valence-corrected chi connectivity index (χ0v) is 19.2. The smallest absolute Gasteiger partial charge is 0.232 e. The summed E-state index contributed by atoms with van der Waals surface area (Å²) in [6.07, 6.45) is 1.27. The number of nitrogens with zero attached hydrogens (tertiary/aromatic N) is 3. The Hall–Kier alpha value is -4.35. The maximum Gasteiger partial charge on any atom is 0.232 e. The van der Waals surface area contributed by atoms with E-state index in [-0.39, 0.29) is 30.6 Å². The fourth-order valence-corrected chi connectivity index (χ4v) is 3.35. The fraction of sp³-hybridized carbons (Fsp3) is 0.115. The van der Waals surface area contributed by atoms with Gasteiger partial charge in [-0.15, -0.1) is 11.6 Å². The Labute approximate surface area is 206 Å². The standard InChI is InChI=1S/C26H21ClFN5O2/c27-19(13-29)14-31-20-7-4-8-21(12-20)35-26-24(25(30)32-16-33-26)18-9-10-23(22(28)11-18)34-15-17-5-2-1-3-6-17/h1-12,16,19,31H,14-15H2,(H2,30,32,33). The molecule has 3 N–H and O–H groups in total. The van der Waals surface area contributed by atoms with Crippen molar-refractivity contribution in [1.29, 1.82) is 5.26 Å². The van der Waals surface area contributed by atoms with Crippen LogP contribution < -0.4 is 20.5 Å². The van der Waals surface area contributed by atoms with Gasteiger partial charge in [0.15, 0.2) is 11.6 Å². The Kier molecular flexibility index (Phi) is 7.60. The molecule has 0 fully saturated rings. The van der Waals surface area contributed by atoms with E-state index >= 15 is 0 Å². The monoisotopic (exact) mass is 489 g/mol. The molecule has 0 saturated carbocycles. The minimum Gasteiger partial charge on any atom is -0.486 e. The topological polar surface area (TPSA) is 106 Å². The highest BCUT2D eigenvalue weighted by Crippen LogP contribution is 2.37. The zero-order valence-electron chi connectivity index (χ0n) is 18.5. The molecule has 4 rings (SSSR count). The van der Waals surface area contributed by atoms with Crippen molar-refractivity contribution in [3.8, 4) is 34.6 Å². The molecule has 35 heavy (non-hydrogen) atoms. The van der Waals surface area contributed by atoms with Crippen LogP contribution in [-0.2, 0) is 6.61 Å². The summed E-state index contributed by atoms with van der Waals surface area (Å²) < 4.78 is 26.5. The van der Waals surface area contributed by atoms with Crippen molar-refractivity contribution in [3.63, 3.8) is 0 Å². The lowest BCUT2D eigenvalue weighted by Gasteiger charge is -2.14. The summed E-state index contributed by atoms with van der Waals surface area (Å²) in [4.78, 5) is 8.24. The predicted molar refractivity (Wildman–Crippen MR) is 133 cm³/mol. The average molecular weight is 490 g/mol. The first-order chi connectivity index (χ1) is 17.0. The predicted octanol–water partition coefficient (Wildman–Crippen LogP) is 5.78. The molecule has 1 unspecified atom stereocenters. The largest absolute Gasteiger partial charge is 0.486 e. The highest BCUT2D eigenvalue weighted by Gasteiger charge is 2.17. The molecule has 1 aromatic heterocycles. The maximum absolute atomic E-state index is 14.9. The van der Waals surface area contributed by atoms with E-state index in [0.717, 1.165) is 5.56 Å². The van der Waals surface area contributed by atoms with Crippen LogP contribution in [0.25, 0.3) is 11.1 Å². The van der Waals surface area contributed by atoms with Crippen molar-refractivity contribution >= 4 is 23.1 Å². The minimum atomic E-state index is -0.664. The Morgan fingerprint density at radius 2 is 1.89 bits per heavy atom. The summed E-state index contributed by atoms with van der Waals surface area (Å²) in [7, 11) is 0. The van der Waals surface area contributed by atoms with Gasteiger partial charge in [0.05, 0.1) is 11.6 Å². The van der Waals surface area contributed by atoms with Crippen LogP contribution in [0.3, 0.4) is 0 Å². The second kappa shape index (κ2) is 11.2. The average Bonchev–Trinajstić information content (AvgIpc) is 2.87. The van der Waals surface area contributed by atoms with Crippen LogP contribution in [0.2, 0.25) is 0 Å². The van der Waals surface area contributed by atoms with E-state index in [1.54, 1.807) is 24.3 Å². The number of alkyl halides is 1.